The Hall–Kier alpha value is -0.130. The Morgan fingerprint density at radius 3 is 2.65 bits per heavy atom. The second-order valence-corrected chi connectivity index (χ2v) is 7.03. The van der Waals surface area contributed by atoms with Gasteiger partial charge in [-0.05, 0) is 39.7 Å². The summed E-state index contributed by atoms with van der Waals surface area (Å²) in [5, 5.41) is 3.42. The van der Waals surface area contributed by atoms with Gasteiger partial charge >= 0.3 is 0 Å². The average molecular weight is 262 g/mol. The van der Waals surface area contributed by atoms with Gasteiger partial charge in [0.25, 0.3) is 0 Å². The summed E-state index contributed by atoms with van der Waals surface area (Å²) in [5.41, 5.74) is 0. The molecule has 1 heterocycles. The van der Waals surface area contributed by atoms with E-state index >= 15 is 0 Å². The van der Waals surface area contributed by atoms with E-state index in [1.165, 1.54) is 0 Å². The molecule has 17 heavy (non-hydrogen) atoms. The standard InChI is InChI=1S/C12H26N2O2S/c1-4-9-13-11(3)12-8-6-7-10-14(12)17(15,16)5-2/h11-13H,4-10H2,1-3H3. The molecule has 5 heteroatoms. The zero-order chi connectivity index (χ0) is 12.9. The molecular weight excluding hydrogens is 236 g/mol. The summed E-state index contributed by atoms with van der Waals surface area (Å²) in [6.45, 7) is 7.60. The van der Waals surface area contributed by atoms with Crippen molar-refractivity contribution in [1.82, 2.24) is 9.62 Å². The highest BCUT2D eigenvalue weighted by molar-refractivity contribution is 7.89. The molecule has 1 aliphatic heterocycles. The minimum absolute atomic E-state index is 0.139. The topological polar surface area (TPSA) is 49.4 Å². The molecule has 1 fully saturated rings. The van der Waals surface area contributed by atoms with Crippen LogP contribution in [0.15, 0.2) is 0 Å². The molecule has 1 saturated heterocycles. The van der Waals surface area contributed by atoms with Crippen LogP contribution in [0.2, 0.25) is 0 Å². The SMILES string of the molecule is CCCNC(C)C1CCCCN1S(=O)(=O)CC. The summed E-state index contributed by atoms with van der Waals surface area (Å²) in [6, 6.07) is 0.386. The first-order valence-electron chi connectivity index (χ1n) is 6.75. The first-order valence-corrected chi connectivity index (χ1v) is 8.36. The molecule has 2 unspecified atom stereocenters. The van der Waals surface area contributed by atoms with E-state index < -0.39 is 10.0 Å². The second kappa shape index (κ2) is 6.71. The molecule has 1 rings (SSSR count). The third-order valence-corrected chi connectivity index (χ3v) is 5.41. The van der Waals surface area contributed by atoms with E-state index in [0.29, 0.717) is 6.54 Å². The van der Waals surface area contributed by atoms with Crippen molar-refractivity contribution >= 4 is 10.0 Å². The number of nitrogens with one attached hydrogen (secondary N) is 1. The molecule has 2 atom stereocenters. The second-order valence-electron chi connectivity index (χ2n) is 4.82. The molecule has 102 valence electrons. The highest BCUT2D eigenvalue weighted by Crippen LogP contribution is 2.23. The van der Waals surface area contributed by atoms with Crippen LogP contribution in [0.25, 0.3) is 0 Å². The van der Waals surface area contributed by atoms with Crippen LogP contribution in [0.3, 0.4) is 0 Å². The maximum atomic E-state index is 12.0. The molecular formula is C12H26N2O2S. The van der Waals surface area contributed by atoms with E-state index in [9.17, 15) is 8.42 Å². The Bertz CT molecular complexity index is 316. The summed E-state index contributed by atoms with van der Waals surface area (Å²) in [7, 11) is -3.05. The first kappa shape index (κ1) is 14.9. The summed E-state index contributed by atoms with van der Waals surface area (Å²) in [6.07, 6.45) is 4.20. The zero-order valence-electron chi connectivity index (χ0n) is 11.3. The third kappa shape index (κ3) is 3.93. The molecule has 0 spiro atoms. The Kier molecular flexibility index (Phi) is 5.89. The van der Waals surface area contributed by atoms with Gasteiger partial charge in [-0.3, -0.25) is 0 Å². The normalized spacial score (nSPS) is 24.8. The van der Waals surface area contributed by atoms with Crippen LogP contribution in [0, 0.1) is 0 Å². The number of hydrogen-bond acceptors (Lipinski definition) is 3. The number of hydrogen-bond donors (Lipinski definition) is 1. The van der Waals surface area contributed by atoms with Crippen LogP contribution in [-0.4, -0.2) is 43.6 Å². The number of nitrogens with zero attached hydrogens (tertiary/aromatic N) is 1. The summed E-state index contributed by atoms with van der Waals surface area (Å²) < 4.78 is 25.8. The molecule has 0 amide bonds. The van der Waals surface area contributed by atoms with Crippen molar-refractivity contribution < 1.29 is 8.42 Å². The molecule has 0 aromatic carbocycles. The van der Waals surface area contributed by atoms with Crippen LogP contribution < -0.4 is 5.32 Å². The molecule has 0 aliphatic carbocycles. The monoisotopic (exact) mass is 262 g/mol. The van der Waals surface area contributed by atoms with Crippen LogP contribution in [0.4, 0.5) is 0 Å². The summed E-state index contributed by atoms with van der Waals surface area (Å²) >= 11 is 0. The van der Waals surface area contributed by atoms with Crippen LogP contribution >= 0.6 is 0 Å². The van der Waals surface area contributed by atoms with Gasteiger partial charge in [-0.25, -0.2) is 8.42 Å². The predicted octanol–water partition coefficient (Wildman–Crippen LogP) is 1.58. The van der Waals surface area contributed by atoms with Gasteiger partial charge in [0, 0.05) is 18.6 Å². The lowest BCUT2D eigenvalue weighted by Crippen LogP contribution is -2.53. The Morgan fingerprint density at radius 2 is 2.06 bits per heavy atom. The molecule has 1 aliphatic rings. The Morgan fingerprint density at radius 1 is 1.35 bits per heavy atom. The van der Waals surface area contributed by atoms with E-state index in [-0.39, 0.29) is 17.8 Å². The van der Waals surface area contributed by atoms with Gasteiger partial charge < -0.3 is 5.32 Å². The van der Waals surface area contributed by atoms with Crippen molar-refractivity contribution in [2.45, 2.75) is 58.5 Å². The van der Waals surface area contributed by atoms with E-state index in [0.717, 1.165) is 32.2 Å². The highest BCUT2D eigenvalue weighted by atomic mass is 32.2. The predicted molar refractivity (Wildman–Crippen MR) is 71.6 cm³/mol. The van der Waals surface area contributed by atoms with Gasteiger partial charge in [-0.15, -0.1) is 0 Å². The lowest BCUT2D eigenvalue weighted by Gasteiger charge is -2.38. The highest BCUT2D eigenvalue weighted by Gasteiger charge is 2.33. The quantitative estimate of drug-likeness (QED) is 0.790. The molecule has 0 radical (unpaired) electrons. The number of piperidine rings is 1. The maximum Gasteiger partial charge on any atom is 0.214 e. The minimum Gasteiger partial charge on any atom is -0.313 e. The maximum absolute atomic E-state index is 12.0. The van der Waals surface area contributed by atoms with Crippen molar-refractivity contribution in [2.75, 3.05) is 18.8 Å². The fraction of sp³-hybridized carbons (Fsp3) is 1.00. The average Bonchev–Trinajstić information content (AvgIpc) is 2.36. The van der Waals surface area contributed by atoms with Gasteiger partial charge in [-0.2, -0.15) is 4.31 Å². The molecule has 0 saturated carbocycles. The fourth-order valence-electron chi connectivity index (χ4n) is 2.45. The molecule has 1 N–H and O–H groups in total. The van der Waals surface area contributed by atoms with Gasteiger partial charge in [0.15, 0.2) is 0 Å². The van der Waals surface area contributed by atoms with Crippen molar-refractivity contribution in [3.05, 3.63) is 0 Å². The van der Waals surface area contributed by atoms with Crippen LogP contribution in [0.5, 0.6) is 0 Å². The number of sulfonamides is 1. The van der Waals surface area contributed by atoms with E-state index in [4.69, 9.17) is 0 Å². The van der Waals surface area contributed by atoms with Crippen LogP contribution in [-0.2, 0) is 10.0 Å². The van der Waals surface area contributed by atoms with Crippen molar-refractivity contribution in [1.29, 1.82) is 0 Å². The van der Waals surface area contributed by atoms with Crippen molar-refractivity contribution in [3.8, 4) is 0 Å². The lowest BCUT2D eigenvalue weighted by atomic mass is 9.99. The zero-order valence-corrected chi connectivity index (χ0v) is 12.1. The Labute approximate surface area is 106 Å². The molecule has 0 aromatic heterocycles. The fourth-order valence-corrected chi connectivity index (χ4v) is 3.89. The van der Waals surface area contributed by atoms with Gasteiger partial charge in [0.1, 0.15) is 0 Å². The van der Waals surface area contributed by atoms with Gasteiger partial charge in [0.2, 0.25) is 10.0 Å². The minimum atomic E-state index is -3.05. The van der Waals surface area contributed by atoms with Gasteiger partial charge in [0.05, 0.1) is 5.75 Å². The third-order valence-electron chi connectivity index (χ3n) is 3.51. The van der Waals surface area contributed by atoms with Crippen molar-refractivity contribution in [2.24, 2.45) is 0 Å². The van der Waals surface area contributed by atoms with E-state index in [1.807, 2.05) is 0 Å². The van der Waals surface area contributed by atoms with E-state index in [2.05, 4.69) is 19.2 Å². The van der Waals surface area contributed by atoms with Gasteiger partial charge in [-0.1, -0.05) is 13.3 Å². The molecule has 0 bridgehead atoms. The Balaban J connectivity index is 2.72. The van der Waals surface area contributed by atoms with Crippen molar-refractivity contribution in [3.63, 3.8) is 0 Å². The molecule has 4 nitrogen and oxygen atoms in total. The first-order chi connectivity index (χ1) is 8.03. The van der Waals surface area contributed by atoms with Crippen LogP contribution in [0.1, 0.15) is 46.5 Å². The smallest absolute Gasteiger partial charge is 0.214 e. The lowest BCUT2D eigenvalue weighted by molar-refractivity contribution is 0.209. The summed E-state index contributed by atoms with van der Waals surface area (Å²) in [4.78, 5) is 0. The molecule has 0 aromatic rings. The largest absolute Gasteiger partial charge is 0.313 e. The summed E-state index contributed by atoms with van der Waals surface area (Å²) in [5.74, 6) is 0.212. The number of rotatable bonds is 6. The van der Waals surface area contributed by atoms with E-state index in [1.54, 1.807) is 11.2 Å².